The fraction of sp³-hybridized carbons (Fsp3) is 0. The molecule has 46 valence electrons. The fourth-order valence-electron chi connectivity index (χ4n) is 0.546. The third-order valence-electron chi connectivity index (χ3n) is 1.01. The second-order valence-electron chi connectivity index (χ2n) is 1.65. The van der Waals surface area contributed by atoms with Crippen LogP contribution in [0.5, 0.6) is 0 Å². The first kappa shape index (κ1) is 6.43. The van der Waals surface area contributed by atoms with Crippen LogP contribution in [0.25, 0.3) is 0 Å². The van der Waals surface area contributed by atoms with E-state index >= 15 is 0 Å². The summed E-state index contributed by atoms with van der Waals surface area (Å²) in [4.78, 5) is 0. The van der Waals surface area contributed by atoms with Gasteiger partial charge in [-0.1, -0.05) is 11.6 Å². The number of hydrogen-bond donors (Lipinski definition) is 1. The van der Waals surface area contributed by atoms with E-state index in [0.717, 1.165) is 5.69 Å². The van der Waals surface area contributed by atoms with Gasteiger partial charge in [-0.3, -0.25) is 0 Å². The molecule has 0 spiro atoms. The smallest absolute Gasteiger partial charge is 0.0705 e. The van der Waals surface area contributed by atoms with Crippen LogP contribution < -0.4 is 5.32 Å². The second kappa shape index (κ2) is 2.74. The number of rotatable bonds is 1. The normalized spacial score (nSPS) is 9.11. The van der Waals surface area contributed by atoms with Gasteiger partial charge >= 0.3 is 0 Å². The van der Waals surface area contributed by atoms with Crippen molar-refractivity contribution in [1.29, 1.82) is 0 Å². The Bertz CT molecular complexity index is 181. The third-order valence-corrected chi connectivity index (χ3v) is 1.26. The second-order valence-corrected chi connectivity index (χ2v) is 2.09. The van der Waals surface area contributed by atoms with E-state index in [9.17, 15) is 0 Å². The summed E-state index contributed by atoms with van der Waals surface area (Å²) in [6.45, 7) is 0. The maximum Gasteiger partial charge on any atom is 0.0705 e. The van der Waals surface area contributed by atoms with E-state index < -0.39 is 0 Å². The zero-order valence-corrected chi connectivity index (χ0v) is 5.52. The maximum absolute atomic E-state index is 5.60. The molecule has 0 aromatic heterocycles. The van der Waals surface area contributed by atoms with Gasteiger partial charge in [0.25, 0.3) is 0 Å². The van der Waals surface area contributed by atoms with Crippen LogP contribution in [0.4, 0.5) is 5.69 Å². The lowest BCUT2D eigenvalue weighted by molar-refractivity contribution is 1.59. The predicted molar refractivity (Wildman–Crippen MR) is 39.4 cm³/mol. The van der Waals surface area contributed by atoms with Crippen molar-refractivity contribution in [3.63, 3.8) is 0 Å². The molecular weight excluding hydrogens is 134 g/mol. The molecule has 0 saturated heterocycles. The van der Waals surface area contributed by atoms with Crippen molar-refractivity contribution in [3.8, 4) is 0 Å². The summed E-state index contributed by atoms with van der Waals surface area (Å²) in [5, 5.41) is 3.21. The highest BCUT2D eigenvalue weighted by Gasteiger charge is 1.85. The molecule has 1 rings (SSSR count). The van der Waals surface area contributed by atoms with Gasteiger partial charge in [0.2, 0.25) is 0 Å². The molecule has 0 bridgehead atoms. The SMILES string of the molecule is [CH]Nc1ccc(Cl)cc1. The highest BCUT2D eigenvalue weighted by Crippen LogP contribution is 2.12. The lowest BCUT2D eigenvalue weighted by Gasteiger charge is -1.95. The third kappa shape index (κ3) is 1.61. The lowest BCUT2D eigenvalue weighted by atomic mass is 10.3. The zero-order chi connectivity index (χ0) is 6.69. The quantitative estimate of drug-likeness (QED) is 0.590. The van der Waals surface area contributed by atoms with Crippen LogP contribution in [0.15, 0.2) is 24.3 Å². The molecule has 0 aliphatic rings. The molecule has 1 aromatic rings. The molecule has 0 unspecified atom stereocenters. The largest absolute Gasteiger partial charge is 0.378 e. The van der Waals surface area contributed by atoms with E-state index in [2.05, 4.69) is 5.32 Å². The lowest BCUT2D eigenvalue weighted by Crippen LogP contribution is -1.81. The predicted octanol–water partition coefficient (Wildman–Crippen LogP) is 2.42. The van der Waals surface area contributed by atoms with Crippen LogP contribution >= 0.6 is 11.6 Å². The first-order valence-electron chi connectivity index (χ1n) is 2.55. The van der Waals surface area contributed by atoms with Gasteiger partial charge in [0, 0.05) is 10.7 Å². The Labute approximate surface area is 59.6 Å². The number of anilines is 1. The minimum Gasteiger partial charge on any atom is -0.378 e. The minimum atomic E-state index is 0.717. The Balaban J connectivity index is 2.88. The molecule has 0 amide bonds. The summed E-state index contributed by atoms with van der Waals surface area (Å²) in [6, 6.07) is 7.16. The highest BCUT2D eigenvalue weighted by molar-refractivity contribution is 6.30. The Morgan fingerprint density at radius 1 is 1.22 bits per heavy atom. The van der Waals surface area contributed by atoms with Crippen LogP contribution in [0, 0.1) is 7.05 Å². The van der Waals surface area contributed by atoms with Crippen molar-refractivity contribution in [3.05, 3.63) is 36.3 Å². The van der Waals surface area contributed by atoms with Crippen molar-refractivity contribution in [1.82, 2.24) is 0 Å². The van der Waals surface area contributed by atoms with E-state index in [1.54, 1.807) is 12.1 Å². The Morgan fingerprint density at radius 3 is 2.22 bits per heavy atom. The fourth-order valence-corrected chi connectivity index (χ4v) is 0.672. The average Bonchev–Trinajstić information content (AvgIpc) is 1.90. The standard InChI is InChI=1S/C7H6ClN/c1-9-7-4-2-6(8)3-5-7/h1-5,9H. The van der Waals surface area contributed by atoms with E-state index in [4.69, 9.17) is 18.6 Å². The summed E-state index contributed by atoms with van der Waals surface area (Å²) in [5.41, 5.74) is 0.861. The molecule has 0 aliphatic carbocycles. The topological polar surface area (TPSA) is 12.0 Å². The first-order valence-corrected chi connectivity index (χ1v) is 2.93. The van der Waals surface area contributed by atoms with Gasteiger partial charge in [-0.2, -0.15) is 0 Å². The van der Waals surface area contributed by atoms with Crippen LogP contribution in [0.2, 0.25) is 5.02 Å². The van der Waals surface area contributed by atoms with E-state index in [0.29, 0.717) is 5.02 Å². The average molecular weight is 140 g/mol. The van der Waals surface area contributed by atoms with Gasteiger partial charge in [-0.25, -0.2) is 0 Å². The molecule has 0 aliphatic heterocycles. The number of halogens is 1. The molecule has 0 saturated carbocycles. The van der Waals surface area contributed by atoms with Crippen molar-refractivity contribution in [2.24, 2.45) is 0 Å². The van der Waals surface area contributed by atoms with Gasteiger partial charge in [-0.15, -0.1) is 0 Å². The monoisotopic (exact) mass is 139 g/mol. The van der Waals surface area contributed by atoms with Crippen LogP contribution in [0.1, 0.15) is 0 Å². The molecule has 0 fully saturated rings. The molecule has 2 heteroatoms. The summed E-state index contributed by atoms with van der Waals surface area (Å²) >= 11 is 5.60. The number of hydrogen-bond acceptors (Lipinski definition) is 1. The number of nitrogens with one attached hydrogen (secondary N) is 1. The van der Waals surface area contributed by atoms with Gasteiger partial charge < -0.3 is 5.32 Å². The van der Waals surface area contributed by atoms with E-state index in [1.807, 2.05) is 12.1 Å². The molecule has 1 nitrogen and oxygen atoms in total. The van der Waals surface area contributed by atoms with Gasteiger partial charge in [0.1, 0.15) is 0 Å². The van der Waals surface area contributed by atoms with Crippen LogP contribution in [0.3, 0.4) is 0 Å². The minimum absolute atomic E-state index is 0.717. The molecule has 2 radical (unpaired) electrons. The van der Waals surface area contributed by atoms with Crippen LogP contribution in [-0.4, -0.2) is 0 Å². The first-order chi connectivity index (χ1) is 4.33. The summed E-state index contributed by atoms with van der Waals surface area (Å²) in [5.74, 6) is 0. The van der Waals surface area contributed by atoms with Gasteiger partial charge in [0.05, 0.1) is 7.05 Å². The Kier molecular flexibility index (Phi) is 1.96. The molecule has 0 atom stereocenters. The molecule has 9 heavy (non-hydrogen) atoms. The summed E-state index contributed by atoms with van der Waals surface area (Å²) in [7, 11) is 5.11. The highest BCUT2D eigenvalue weighted by atomic mass is 35.5. The van der Waals surface area contributed by atoms with E-state index in [-0.39, 0.29) is 0 Å². The van der Waals surface area contributed by atoms with Gasteiger partial charge in [0.15, 0.2) is 0 Å². The van der Waals surface area contributed by atoms with Crippen molar-refractivity contribution in [2.45, 2.75) is 0 Å². The molecule has 1 N–H and O–H groups in total. The molecular formula is C7H6ClN. The maximum atomic E-state index is 5.60. The van der Waals surface area contributed by atoms with Gasteiger partial charge in [-0.05, 0) is 24.3 Å². The molecule has 1 aromatic carbocycles. The molecule has 0 heterocycles. The number of benzene rings is 1. The van der Waals surface area contributed by atoms with E-state index in [1.165, 1.54) is 0 Å². The Hall–Kier alpha value is -0.690. The summed E-state index contributed by atoms with van der Waals surface area (Å²) < 4.78 is 0. The summed E-state index contributed by atoms with van der Waals surface area (Å²) in [6.07, 6.45) is 0. The van der Waals surface area contributed by atoms with Crippen molar-refractivity contribution in [2.75, 3.05) is 5.32 Å². The zero-order valence-electron chi connectivity index (χ0n) is 4.76. The van der Waals surface area contributed by atoms with Crippen molar-refractivity contribution >= 4 is 17.3 Å². The van der Waals surface area contributed by atoms with Crippen LogP contribution in [-0.2, 0) is 0 Å². The van der Waals surface area contributed by atoms with Crippen molar-refractivity contribution < 1.29 is 0 Å². The Morgan fingerprint density at radius 2 is 1.78 bits per heavy atom.